The van der Waals surface area contributed by atoms with Crippen LogP contribution in [-0.2, 0) is 9.47 Å². The van der Waals surface area contributed by atoms with E-state index in [0.29, 0.717) is 5.41 Å². The summed E-state index contributed by atoms with van der Waals surface area (Å²) in [6.45, 7) is 1.53. The Morgan fingerprint density at radius 3 is 2.31 bits per heavy atom. The summed E-state index contributed by atoms with van der Waals surface area (Å²) in [5.41, 5.74) is 0.405. The van der Waals surface area contributed by atoms with E-state index in [2.05, 4.69) is 0 Å². The van der Waals surface area contributed by atoms with E-state index >= 15 is 0 Å². The molecule has 3 aliphatic rings. The van der Waals surface area contributed by atoms with Gasteiger partial charge in [0.15, 0.2) is 5.79 Å². The zero-order valence-electron chi connectivity index (χ0n) is 9.91. The van der Waals surface area contributed by atoms with E-state index in [1.165, 1.54) is 12.8 Å². The van der Waals surface area contributed by atoms with Crippen molar-refractivity contribution in [2.45, 2.75) is 63.3 Å². The van der Waals surface area contributed by atoms with Crippen molar-refractivity contribution >= 4 is 0 Å². The van der Waals surface area contributed by atoms with Gasteiger partial charge in [-0.2, -0.15) is 0 Å². The Morgan fingerprint density at radius 1 is 0.938 bits per heavy atom. The first-order valence-electron chi connectivity index (χ1n) is 6.68. The Morgan fingerprint density at radius 2 is 1.62 bits per heavy atom. The van der Waals surface area contributed by atoms with E-state index < -0.39 is 0 Å². The molecule has 1 heterocycles. The first-order chi connectivity index (χ1) is 7.72. The highest BCUT2D eigenvalue weighted by atomic mass is 16.7. The van der Waals surface area contributed by atoms with Gasteiger partial charge >= 0.3 is 0 Å². The van der Waals surface area contributed by atoms with Crippen LogP contribution in [0.15, 0.2) is 0 Å². The highest BCUT2D eigenvalue weighted by molar-refractivity contribution is 4.95. The van der Waals surface area contributed by atoms with Gasteiger partial charge in [0.05, 0.1) is 19.3 Å². The lowest BCUT2D eigenvalue weighted by Gasteiger charge is -2.47. The van der Waals surface area contributed by atoms with E-state index in [9.17, 15) is 5.11 Å². The molecule has 1 saturated heterocycles. The van der Waals surface area contributed by atoms with Gasteiger partial charge in [0, 0.05) is 12.8 Å². The predicted molar refractivity (Wildman–Crippen MR) is 60.0 cm³/mol. The molecule has 3 nitrogen and oxygen atoms in total. The van der Waals surface area contributed by atoms with Crippen molar-refractivity contribution in [1.29, 1.82) is 0 Å². The summed E-state index contributed by atoms with van der Waals surface area (Å²) in [6, 6.07) is 0. The molecule has 0 amide bonds. The van der Waals surface area contributed by atoms with Crippen molar-refractivity contribution in [2.24, 2.45) is 5.41 Å². The zero-order chi connectivity index (χ0) is 11.1. The summed E-state index contributed by atoms with van der Waals surface area (Å²) in [5, 5.41) is 9.62. The van der Waals surface area contributed by atoms with Crippen LogP contribution in [0.25, 0.3) is 0 Å². The van der Waals surface area contributed by atoms with E-state index in [-0.39, 0.29) is 11.9 Å². The molecular formula is C13H22O3. The third-order valence-electron chi connectivity index (χ3n) is 4.74. The largest absolute Gasteiger partial charge is 0.393 e. The molecule has 0 aromatic rings. The van der Waals surface area contributed by atoms with Crippen LogP contribution in [-0.4, -0.2) is 30.2 Å². The van der Waals surface area contributed by atoms with Crippen LogP contribution in [0.5, 0.6) is 0 Å². The minimum Gasteiger partial charge on any atom is -0.393 e. The van der Waals surface area contributed by atoms with Crippen molar-refractivity contribution in [1.82, 2.24) is 0 Å². The molecule has 92 valence electrons. The first-order valence-corrected chi connectivity index (χ1v) is 6.68. The summed E-state index contributed by atoms with van der Waals surface area (Å²) in [5.74, 6) is -0.249. The molecule has 1 aliphatic heterocycles. The third kappa shape index (κ3) is 1.89. The van der Waals surface area contributed by atoms with Crippen LogP contribution < -0.4 is 0 Å². The molecule has 3 heteroatoms. The average Bonchev–Trinajstić information content (AvgIpc) is 2.71. The second-order valence-electron chi connectivity index (χ2n) is 5.87. The van der Waals surface area contributed by atoms with E-state index in [0.717, 1.165) is 51.7 Å². The maximum absolute atomic E-state index is 9.62. The van der Waals surface area contributed by atoms with Gasteiger partial charge in [-0.1, -0.05) is 0 Å². The standard InChI is InChI=1S/C13H22O3/c14-11-2-6-12(7-3-11)4-1-5-13(10-12)15-8-9-16-13/h11,14H,1-10H2. The lowest BCUT2D eigenvalue weighted by atomic mass is 9.63. The third-order valence-corrected chi connectivity index (χ3v) is 4.74. The highest BCUT2D eigenvalue weighted by Gasteiger charge is 2.49. The van der Waals surface area contributed by atoms with Crippen LogP contribution in [0.2, 0.25) is 0 Å². The van der Waals surface area contributed by atoms with E-state index in [1.54, 1.807) is 0 Å². The second kappa shape index (κ2) is 3.97. The molecule has 16 heavy (non-hydrogen) atoms. The monoisotopic (exact) mass is 226 g/mol. The molecule has 2 saturated carbocycles. The molecule has 2 spiro atoms. The van der Waals surface area contributed by atoms with Gasteiger partial charge in [0.25, 0.3) is 0 Å². The number of aliphatic hydroxyl groups is 1. The average molecular weight is 226 g/mol. The number of hydrogen-bond donors (Lipinski definition) is 1. The highest BCUT2D eigenvalue weighted by Crippen LogP contribution is 2.52. The maximum atomic E-state index is 9.62. The van der Waals surface area contributed by atoms with Crippen LogP contribution in [0, 0.1) is 5.41 Å². The molecule has 1 N–H and O–H groups in total. The molecule has 0 atom stereocenters. The summed E-state index contributed by atoms with van der Waals surface area (Å²) in [4.78, 5) is 0. The number of rotatable bonds is 0. The van der Waals surface area contributed by atoms with Crippen molar-refractivity contribution in [3.8, 4) is 0 Å². The van der Waals surface area contributed by atoms with Crippen molar-refractivity contribution in [2.75, 3.05) is 13.2 Å². The number of aliphatic hydroxyl groups excluding tert-OH is 1. The van der Waals surface area contributed by atoms with Gasteiger partial charge in [-0.15, -0.1) is 0 Å². The Labute approximate surface area is 97.1 Å². The minimum absolute atomic E-state index is 0.0612. The molecule has 0 aromatic carbocycles. The molecule has 0 radical (unpaired) electrons. The summed E-state index contributed by atoms with van der Waals surface area (Å²) in [7, 11) is 0. The molecule has 3 fully saturated rings. The van der Waals surface area contributed by atoms with Gasteiger partial charge in [-0.05, 0) is 43.9 Å². The molecular weight excluding hydrogens is 204 g/mol. The van der Waals surface area contributed by atoms with Crippen LogP contribution in [0.1, 0.15) is 51.4 Å². The fourth-order valence-electron chi connectivity index (χ4n) is 3.87. The summed E-state index contributed by atoms with van der Waals surface area (Å²) in [6.07, 6.45) is 8.83. The maximum Gasteiger partial charge on any atom is 0.169 e. The first kappa shape index (κ1) is 11.0. The van der Waals surface area contributed by atoms with E-state index in [1.807, 2.05) is 0 Å². The van der Waals surface area contributed by atoms with Crippen LogP contribution in [0.3, 0.4) is 0 Å². The summed E-state index contributed by atoms with van der Waals surface area (Å²) < 4.78 is 11.7. The van der Waals surface area contributed by atoms with E-state index in [4.69, 9.17) is 9.47 Å². The Balaban J connectivity index is 1.71. The van der Waals surface area contributed by atoms with Crippen LogP contribution >= 0.6 is 0 Å². The number of ether oxygens (including phenoxy) is 2. The quantitative estimate of drug-likeness (QED) is 0.688. The van der Waals surface area contributed by atoms with Crippen molar-refractivity contribution in [3.05, 3.63) is 0 Å². The Hall–Kier alpha value is -0.120. The van der Waals surface area contributed by atoms with Crippen molar-refractivity contribution < 1.29 is 14.6 Å². The van der Waals surface area contributed by atoms with Gasteiger partial charge in [0.1, 0.15) is 0 Å². The minimum atomic E-state index is -0.249. The lowest BCUT2D eigenvalue weighted by Crippen LogP contribution is -2.44. The topological polar surface area (TPSA) is 38.7 Å². The van der Waals surface area contributed by atoms with Gasteiger partial charge in [-0.3, -0.25) is 0 Å². The van der Waals surface area contributed by atoms with Crippen LogP contribution in [0.4, 0.5) is 0 Å². The fraction of sp³-hybridized carbons (Fsp3) is 1.00. The Kier molecular flexibility index (Phi) is 2.73. The number of hydrogen-bond acceptors (Lipinski definition) is 3. The van der Waals surface area contributed by atoms with Crippen molar-refractivity contribution in [3.63, 3.8) is 0 Å². The summed E-state index contributed by atoms with van der Waals surface area (Å²) >= 11 is 0. The lowest BCUT2D eigenvalue weighted by molar-refractivity contribution is -0.208. The second-order valence-corrected chi connectivity index (χ2v) is 5.87. The van der Waals surface area contributed by atoms with Gasteiger partial charge in [0.2, 0.25) is 0 Å². The molecule has 0 bridgehead atoms. The Bertz CT molecular complexity index is 250. The normalized spacial score (nSPS) is 42.9. The predicted octanol–water partition coefficient (Wildman–Crippen LogP) is 2.22. The smallest absolute Gasteiger partial charge is 0.169 e. The molecule has 3 rings (SSSR count). The molecule has 0 unspecified atom stereocenters. The van der Waals surface area contributed by atoms with Gasteiger partial charge < -0.3 is 14.6 Å². The molecule has 0 aromatic heterocycles. The molecule has 2 aliphatic carbocycles. The zero-order valence-corrected chi connectivity index (χ0v) is 9.91. The van der Waals surface area contributed by atoms with Gasteiger partial charge in [-0.25, -0.2) is 0 Å². The fourth-order valence-corrected chi connectivity index (χ4v) is 3.87. The SMILES string of the molecule is OC1CCC2(CCCC3(C2)OCCO3)CC1.